The van der Waals surface area contributed by atoms with Crippen LogP contribution in [-0.2, 0) is 17.6 Å². The Bertz CT molecular complexity index is 1340. The third-order valence-electron chi connectivity index (χ3n) is 8.23. The van der Waals surface area contributed by atoms with E-state index in [1.54, 1.807) is 0 Å². The number of fused-ring (bicyclic) bond motifs is 2. The number of nitrogens with two attached hydrogens (primary N) is 1. The highest BCUT2D eigenvalue weighted by molar-refractivity contribution is 5.95. The molecule has 2 aliphatic rings. The highest BCUT2D eigenvalue weighted by Crippen LogP contribution is 2.31. The number of nitrogens with one attached hydrogen (secondary N) is 1. The van der Waals surface area contributed by atoms with Crippen LogP contribution >= 0.6 is 0 Å². The summed E-state index contributed by atoms with van der Waals surface area (Å²) in [5, 5.41) is 11.3. The summed E-state index contributed by atoms with van der Waals surface area (Å²) in [7, 11) is 4.20. The molecule has 4 N–H and O–H groups in total. The first-order valence-corrected chi connectivity index (χ1v) is 14.2. The minimum atomic E-state index is -0.689. The summed E-state index contributed by atoms with van der Waals surface area (Å²) < 4.78 is 0. The Morgan fingerprint density at radius 2 is 1.80 bits per heavy atom. The van der Waals surface area contributed by atoms with Gasteiger partial charge in [0.1, 0.15) is 0 Å². The largest absolute Gasteiger partial charge is 0.386 e. The normalized spacial score (nSPS) is 18.2. The number of aromatic nitrogens is 1. The number of aryl methyl sites for hydroxylation is 1. The zero-order valence-corrected chi connectivity index (χ0v) is 24.3. The van der Waals surface area contributed by atoms with Crippen LogP contribution in [0.25, 0.3) is 10.9 Å². The summed E-state index contributed by atoms with van der Waals surface area (Å²) in [5.74, 6) is 1.28. The van der Waals surface area contributed by atoms with Crippen LogP contribution in [0.1, 0.15) is 37.3 Å². The molecule has 1 fully saturated rings. The van der Waals surface area contributed by atoms with Gasteiger partial charge >= 0.3 is 0 Å². The second kappa shape index (κ2) is 12.7. The molecule has 0 spiro atoms. The fourth-order valence-electron chi connectivity index (χ4n) is 5.86. The Balaban J connectivity index is 0.000000240. The molecular weight excluding hydrogens is 498 g/mol. The summed E-state index contributed by atoms with van der Waals surface area (Å²) in [6.45, 7) is 12.7. The number of aromatic amines is 1. The Hall–Kier alpha value is -3.55. The number of hydrogen-bond acceptors (Lipinski definition) is 5. The van der Waals surface area contributed by atoms with E-state index >= 15 is 0 Å². The summed E-state index contributed by atoms with van der Waals surface area (Å²) in [5.41, 5.74) is 10.4. The van der Waals surface area contributed by atoms with E-state index in [4.69, 9.17) is 5.73 Å². The molecule has 1 unspecified atom stereocenters. The maximum absolute atomic E-state index is 13.1. The summed E-state index contributed by atoms with van der Waals surface area (Å²) >= 11 is 0. The van der Waals surface area contributed by atoms with Gasteiger partial charge in [0.05, 0.1) is 11.4 Å². The molecule has 0 aliphatic carbocycles. The van der Waals surface area contributed by atoms with E-state index in [-0.39, 0.29) is 5.91 Å². The van der Waals surface area contributed by atoms with Crippen LogP contribution < -0.4 is 10.6 Å². The fourth-order valence-corrected chi connectivity index (χ4v) is 5.86. The molecule has 40 heavy (non-hydrogen) atoms. The lowest BCUT2D eigenvalue weighted by Gasteiger charge is -2.39. The molecule has 7 nitrogen and oxygen atoms in total. The highest BCUT2D eigenvalue weighted by Gasteiger charge is 2.33. The molecule has 0 radical (unpaired) electrons. The molecule has 1 aromatic heterocycles. The number of piperidine rings is 1. The van der Waals surface area contributed by atoms with Crippen molar-refractivity contribution >= 4 is 22.5 Å². The molecule has 0 saturated carbocycles. The molecule has 1 amide bonds. The quantitative estimate of drug-likeness (QED) is 0.377. The van der Waals surface area contributed by atoms with Gasteiger partial charge in [-0.3, -0.25) is 4.79 Å². The second-order valence-corrected chi connectivity index (χ2v) is 11.6. The third-order valence-corrected chi connectivity index (χ3v) is 8.23. The van der Waals surface area contributed by atoms with Crippen molar-refractivity contribution in [2.75, 3.05) is 45.2 Å². The second-order valence-electron chi connectivity index (χ2n) is 11.6. The zero-order chi connectivity index (χ0) is 28.9. The number of likely N-dealkylation sites (tertiary alicyclic amines) is 1. The number of hydrogen-bond donors (Lipinski definition) is 3. The van der Waals surface area contributed by atoms with Crippen molar-refractivity contribution < 1.29 is 9.90 Å². The number of H-pyrrole nitrogens is 1. The number of carbonyl (C=O) groups excluding carboxylic acids is 1. The van der Waals surface area contributed by atoms with E-state index in [0.29, 0.717) is 31.0 Å². The van der Waals surface area contributed by atoms with E-state index in [1.807, 2.05) is 41.1 Å². The molecular formula is C33H45N5O2. The molecule has 1 atom stereocenters. The Morgan fingerprint density at radius 3 is 2.48 bits per heavy atom. The molecule has 214 valence electrons. The highest BCUT2D eigenvalue weighted by atomic mass is 16.3. The SMILES string of the molecule is C=C(N)N1CCC(O)(C(=C)C)CC1.CN(C)CC1Cc2ccccc2N(C(=O)CCc2c[nH]c3ccccc23)C1. The number of para-hydroxylation sites is 2. The lowest BCUT2D eigenvalue weighted by Crippen LogP contribution is -2.45. The van der Waals surface area contributed by atoms with Gasteiger partial charge in [-0.1, -0.05) is 49.6 Å². The minimum absolute atomic E-state index is 0.219. The van der Waals surface area contributed by atoms with Gasteiger partial charge in [-0.05, 0) is 81.5 Å². The lowest BCUT2D eigenvalue weighted by molar-refractivity contribution is -0.118. The van der Waals surface area contributed by atoms with Crippen molar-refractivity contribution in [1.29, 1.82) is 0 Å². The van der Waals surface area contributed by atoms with Crippen LogP contribution in [0.4, 0.5) is 5.69 Å². The van der Waals surface area contributed by atoms with Crippen LogP contribution in [0, 0.1) is 5.92 Å². The number of aliphatic hydroxyl groups is 1. The summed E-state index contributed by atoms with van der Waals surface area (Å²) in [6, 6.07) is 16.6. The summed E-state index contributed by atoms with van der Waals surface area (Å²) in [6.07, 6.45) is 5.76. The number of carbonyl (C=O) groups is 1. The fraction of sp³-hybridized carbons (Fsp3) is 0.424. The van der Waals surface area contributed by atoms with Crippen molar-refractivity contribution in [3.63, 3.8) is 0 Å². The van der Waals surface area contributed by atoms with Crippen LogP contribution in [0.2, 0.25) is 0 Å². The summed E-state index contributed by atoms with van der Waals surface area (Å²) in [4.78, 5) is 22.6. The van der Waals surface area contributed by atoms with Crippen molar-refractivity contribution in [2.45, 2.75) is 44.6 Å². The molecule has 3 heterocycles. The van der Waals surface area contributed by atoms with Crippen LogP contribution in [0.5, 0.6) is 0 Å². The number of nitrogens with zero attached hydrogens (tertiary/aromatic N) is 3. The smallest absolute Gasteiger partial charge is 0.227 e. The van der Waals surface area contributed by atoms with Crippen molar-refractivity contribution in [3.05, 3.63) is 90.4 Å². The Kier molecular flexibility index (Phi) is 9.38. The van der Waals surface area contributed by atoms with E-state index in [2.05, 4.69) is 67.5 Å². The topological polar surface area (TPSA) is 88.8 Å². The van der Waals surface area contributed by atoms with Crippen molar-refractivity contribution in [1.82, 2.24) is 14.8 Å². The van der Waals surface area contributed by atoms with Gasteiger partial charge in [-0.15, -0.1) is 0 Å². The van der Waals surface area contributed by atoms with E-state index in [0.717, 1.165) is 55.8 Å². The predicted molar refractivity (Wildman–Crippen MR) is 165 cm³/mol. The van der Waals surface area contributed by atoms with E-state index < -0.39 is 5.60 Å². The number of rotatable bonds is 7. The van der Waals surface area contributed by atoms with Gasteiger partial charge in [-0.25, -0.2) is 0 Å². The van der Waals surface area contributed by atoms with Crippen LogP contribution in [-0.4, -0.2) is 71.7 Å². The van der Waals surface area contributed by atoms with Gasteiger partial charge in [0.2, 0.25) is 5.91 Å². The van der Waals surface area contributed by atoms with Gasteiger partial charge in [0.15, 0.2) is 0 Å². The third kappa shape index (κ3) is 6.95. The van der Waals surface area contributed by atoms with Gasteiger partial charge in [0.25, 0.3) is 0 Å². The first kappa shape index (κ1) is 29.4. The minimum Gasteiger partial charge on any atom is -0.386 e. The van der Waals surface area contributed by atoms with Crippen molar-refractivity contribution in [3.8, 4) is 0 Å². The molecule has 0 bridgehead atoms. The Morgan fingerprint density at radius 1 is 1.12 bits per heavy atom. The van der Waals surface area contributed by atoms with Gasteiger partial charge < -0.3 is 30.5 Å². The monoisotopic (exact) mass is 543 g/mol. The molecule has 5 rings (SSSR count). The molecule has 2 aliphatic heterocycles. The van der Waals surface area contributed by atoms with Gasteiger partial charge in [0, 0.05) is 55.4 Å². The molecule has 2 aromatic carbocycles. The molecule has 1 saturated heterocycles. The average Bonchev–Trinajstić information content (AvgIpc) is 3.34. The van der Waals surface area contributed by atoms with Gasteiger partial charge in [-0.2, -0.15) is 0 Å². The standard InChI is InChI=1S/C23H27N3O.C10H18N2O/c1-25(2)15-17-13-18-7-3-6-10-22(18)26(16-17)23(27)12-11-19-14-24-21-9-5-4-8-20(19)21;1-8(2)10(13)4-6-12(7-5-10)9(3)11/h3-10,14,17,24H,11-13,15-16H2,1-2H3;13H,1,3-7,11H2,2H3. The number of benzene rings is 2. The Labute approximate surface area is 239 Å². The lowest BCUT2D eigenvalue weighted by atomic mass is 9.86. The van der Waals surface area contributed by atoms with Crippen LogP contribution in [0.3, 0.4) is 0 Å². The van der Waals surface area contributed by atoms with E-state index in [1.165, 1.54) is 16.5 Å². The average molecular weight is 544 g/mol. The van der Waals surface area contributed by atoms with Crippen molar-refractivity contribution in [2.24, 2.45) is 11.7 Å². The first-order chi connectivity index (χ1) is 19.1. The maximum atomic E-state index is 13.1. The number of anilines is 1. The van der Waals surface area contributed by atoms with Crippen LogP contribution in [0.15, 0.2) is 79.3 Å². The zero-order valence-electron chi connectivity index (χ0n) is 24.3. The molecule has 7 heteroatoms. The predicted octanol–water partition coefficient (Wildman–Crippen LogP) is 4.69. The molecule has 3 aromatic rings. The maximum Gasteiger partial charge on any atom is 0.227 e. The first-order valence-electron chi connectivity index (χ1n) is 14.2. The number of amides is 1. The van der Waals surface area contributed by atoms with E-state index in [9.17, 15) is 9.90 Å².